The minimum absolute atomic E-state index is 0.0760. The number of hydrogen-bond acceptors (Lipinski definition) is 5. The summed E-state index contributed by atoms with van der Waals surface area (Å²) in [5.41, 5.74) is 7.00. The number of anilines is 1. The number of likely N-dealkylation sites (N-methyl/N-ethyl adjacent to an activating group) is 1. The van der Waals surface area contributed by atoms with Gasteiger partial charge in [-0.1, -0.05) is 76.1 Å². The van der Waals surface area contributed by atoms with Crippen molar-refractivity contribution in [2.75, 3.05) is 12.8 Å². The molecule has 4 atom stereocenters. The quantitative estimate of drug-likeness (QED) is 0.245. The summed E-state index contributed by atoms with van der Waals surface area (Å²) in [6.45, 7) is 7.70. The topological polar surface area (TPSA) is 104 Å². The molecule has 198 valence electrons. The first-order valence-corrected chi connectivity index (χ1v) is 13.2. The SMILES string of the molecule is CCCC(O)(CCC)CC(=O)C(C(=O)N(C)C(C)[C@@H](O)c1ccccc1)C(CC)c1cccc(N)c1. The minimum atomic E-state index is -1.14. The summed E-state index contributed by atoms with van der Waals surface area (Å²) in [4.78, 5) is 29.4. The Morgan fingerprint density at radius 1 is 0.972 bits per heavy atom. The highest BCUT2D eigenvalue weighted by molar-refractivity contribution is 6.02. The van der Waals surface area contributed by atoms with E-state index >= 15 is 0 Å². The Hall–Kier alpha value is -2.70. The predicted octanol–water partition coefficient (Wildman–Crippen LogP) is 5.25. The number of aliphatic hydroxyl groups is 2. The predicted molar refractivity (Wildman–Crippen MR) is 145 cm³/mol. The zero-order valence-electron chi connectivity index (χ0n) is 22.5. The molecule has 6 heteroatoms. The van der Waals surface area contributed by atoms with Gasteiger partial charge in [0.25, 0.3) is 0 Å². The maximum Gasteiger partial charge on any atom is 0.233 e. The molecule has 2 aromatic carbocycles. The van der Waals surface area contributed by atoms with E-state index in [-0.39, 0.29) is 18.1 Å². The van der Waals surface area contributed by atoms with Gasteiger partial charge in [0, 0.05) is 25.1 Å². The van der Waals surface area contributed by atoms with Gasteiger partial charge in [0.2, 0.25) is 5.91 Å². The van der Waals surface area contributed by atoms with Gasteiger partial charge in [-0.2, -0.15) is 0 Å². The highest BCUT2D eigenvalue weighted by atomic mass is 16.3. The Bertz CT molecular complexity index is 972. The maximum atomic E-state index is 14.0. The molecule has 2 rings (SSSR count). The molecule has 36 heavy (non-hydrogen) atoms. The molecule has 0 bridgehead atoms. The van der Waals surface area contributed by atoms with Crippen molar-refractivity contribution in [3.05, 3.63) is 65.7 Å². The largest absolute Gasteiger partial charge is 0.399 e. The van der Waals surface area contributed by atoms with Crippen LogP contribution in [-0.2, 0) is 9.59 Å². The lowest BCUT2D eigenvalue weighted by atomic mass is 9.76. The summed E-state index contributed by atoms with van der Waals surface area (Å²) in [5.74, 6) is -2.02. The zero-order valence-corrected chi connectivity index (χ0v) is 22.5. The molecule has 0 radical (unpaired) electrons. The molecule has 2 aromatic rings. The summed E-state index contributed by atoms with van der Waals surface area (Å²) >= 11 is 0. The van der Waals surface area contributed by atoms with Gasteiger partial charge in [-0.05, 0) is 49.4 Å². The lowest BCUT2D eigenvalue weighted by molar-refractivity contribution is -0.146. The number of nitrogens with two attached hydrogens (primary N) is 1. The summed E-state index contributed by atoms with van der Waals surface area (Å²) in [6, 6.07) is 15.9. The lowest BCUT2D eigenvalue weighted by Gasteiger charge is -2.36. The number of rotatable bonds is 14. The van der Waals surface area contributed by atoms with Gasteiger partial charge in [-0.15, -0.1) is 0 Å². The van der Waals surface area contributed by atoms with Gasteiger partial charge >= 0.3 is 0 Å². The lowest BCUT2D eigenvalue weighted by Crippen LogP contribution is -2.47. The van der Waals surface area contributed by atoms with Crippen molar-refractivity contribution in [1.29, 1.82) is 0 Å². The number of nitrogens with zero attached hydrogens (tertiary/aromatic N) is 1. The van der Waals surface area contributed by atoms with E-state index in [1.165, 1.54) is 4.90 Å². The molecule has 0 aliphatic rings. The van der Waals surface area contributed by atoms with Crippen LogP contribution in [0.3, 0.4) is 0 Å². The van der Waals surface area contributed by atoms with Gasteiger partial charge in [-0.25, -0.2) is 0 Å². The monoisotopic (exact) mass is 496 g/mol. The molecule has 0 saturated carbocycles. The molecule has 0 aromatic heterocycles. The first-order valence-electron chi connectivity index (χ1n) is 13.2. The van der Waals surface area contributed by atoms with Gasteiger partial charge < -0.3 is 20.8 Å². The van der Waals surface area contributed by atoms with Crippen LogP contribution in [0.5, 0.6) is 0 Å². The van der Waals surface area contributed by atoms with Crippen molar-refractivity contribution in [3.63, 3.8) is 0 Å². The third kappa shape index (κ3) is 7.40. The third-order valence-corrected chi connectivity index (χ3v) is 7.28. The van der Waals surface area contributed by atoms with Gasteiger partial charge in [0.15, 0.2) is 0 Å². The average Bonchev–Trinajstić information content (AvgIpc) is 2.86. The molecule has 0 spiro atoms. The second-order valence-corrected chi connectivity index (χ2v) is 10.1. The molecule has 1 amide bonds. The Balaban J connectivity index is 2.45. The van der Waals surface area contributed by atoms with E-state index in [1.807, 2.05) is 69.3 Å². The molecule has 3 unspecified atom stereocenters. The van der Waals surface area contributed by atoms with Crippen molar-refractivity contribution in [2.45, 2.75) is 89.9 Å². The minimum Gasteiger partial charge on any atom is -0.399 e. The van der Waals surface area contributed by atoms with Crippen LogP contribution in [0.4, 0.5) is 5.69 Å². The van der Waals surface area contributed by atoms with E-state index < -0.39 is 29.6 Å². The number of amides is 1. The van der Waals surface area contributed by atoms with Crippen molar-refractivity contribution in [1.82, 2.24) is 4.90 Å². The molecular formula is C30H44N2O4. The number of benzene rings is 2. The molecule has 6 nitrogen and oxygen atoms in total. The summed E-state index contributed by atoms with van der Waals surface area (Å²) in [7, 11) is 1.63. The van der Waals surface area contributed by atoms with Crippen LogP contribution in [0, 0.1) is 5.92 Å². The number of carbonyl (C=O) groups is 2. The number of nitrogen functional groups attached to an aromatic ring is 1. The smallest absolute Gasteiger partial charge is 0.233 e. The molecule has 0 aliphatic heterocycles. The fourth-order valence-corrected chi connectivity index (χ4v) is 5.22. The zero-order chi connectivity index (χ0) is 26.9. The van der Waals surface area contributed by atoms with Crippen LogP contribution >= 0.6 is 0 Å². The Labute approximate surface area is 216 Å². The Kier molecular flexibility index (Phi) is 11.1. The maximum absolute atomic E-state index is 14.0. The summed E-state index contributed by atoms with van der Waals surface area (Å²) in [5, 5.41) is 22.2. The van der Waals surface area contributed by atoms with Crippen molar-refractivity contribution < 1.29 is 19.8 Å². The van der Waals surface area contributed by atoms with Crippen LogP contribution in [0.25, 0.3) is 0 Å². The summed E-state index contributed by atoms with van der Waals surface area (Å²) < 4.78 is 0. The first-order chi connectivity index (χ1) is 17.1. The van der Waals surface area contributed by atoms with Crippen LogP contribution in [0.15, 0.2) is 54.6 Å². The molecule has 4 N–H and O–H groups in total. The van der Waals surface area contributed by atoms with E-state index in [4.69, 9.17) is 5.73 Å². The number of Topliss-reactive ketones (excluding diaryl/α,β-unsaturated/α-hetero) is 1. The molecule has 0 fully saturated rings. The van der Waals surface area contributed by atoms with Crippen LogP contribution < -0.4 is 5.73 Å². The second kappa shape index (κ2) is 13.6. The van der Waals surface area contributed by atoms with E-state index in [2.05, 4.69) is 0 Å². The number of ketones is 1. The van der Waals surface area contributed by atoms with Crippen LogP contribution in [0.1, 0.15) is 89.4 Å². The fraction of sp³-hybridized carbons (Fsp3) is 0.533. The van der Waals surface area contributed by atoms with Crippen molar-refractivity contribution in [3.8, 4) is 0 Å². The van der Waals surface area contributed by atoms with Gasteiger partial charge in [-0.3, -0.25) is 9.59 Å². The highest BCUT2D eigenvalue weighted by Gasteiger charge is 2.41. The summed E-state index contributed by atoms with van der Waals surface area (Å²) in [6.07, 6.45) is 2.07. The Morgan fingerprint density at radius 2 is 1.56 bits per heavy atom. The fourth-order valence-electron chi connectivity index (χ4n) is 5.22. The van der Waals surface area contributed by atoms with E-state index in [1.54, 1.807) is 20.0 Å². The number of hydrogen-bond donors (Lipinski definition) is 3. The normalized spacial score (nSPS) is 15.1. The molecule has 0 aliphatic carbocycles. The van der Waals surface area contributed by atoms with E-state index in [0.29, 0.717) is 30.5 Å². The third-order valence-electron chi connectivity index (χ3n) is 7.28. The molecular weight excluding hydrogens is 452 g/mol. The average molecular weight is 497 g/mol. The van der Waals surface area contributed by atoms with Gasteiger partial charge in [0.05, 0.1) is 17.7 Å². The number of carbonyl (C=O) groups excluding carboxylic acids is 2. The first kappa shape index (κ1) is 29.5. The van der Waals surface area contributed by atoms with E-state index in [9.17, 15) is 19.8 Å². The Morgan fingerprint density at radius 3 is 2.08 bits per heavy atom. The standard InChI is InChI=1S/C30H44N2O4/c1-6-17-30(36,18-7-2)20-26(33)27(25(8-3)23-15-12-16-24(31)19-23)29(35)32(5)21(4)28(34)22-13-10-9-11-14-22/h9-16,19,21,25,27-28,34,36H,6-8,17-18,20,31H2,1-5H3/t21?,25?,27?,28-/m1/s1. The van der Waals surface area contributed by atoms with Crippen molar-refractivity contribution >= 4 is 17.4 Å². The number of aliphatic hydroxyl groups excluding tert-OH is 1. The molecule has 0 saturated heterocycles. The van der Waals surface area contributed by atoms with E-state index in [0.717, 1.165) is 18.4 Å². The second-order valence-electron chi connectivity index (χ2n) is 10.1. The van der Waals surface area contributed by atoms with Crippen molar-refractivity contribution in [2.24, 2.45) is 5.92 Å². The van der Waals surface area contributed by atoms with Crippen LogP contribution in [0.2, 0.25) is 0 Å². The van der Waals surface area contributed by atoms with Crippen LogP contribution in [-0.4, -0.2) is 45.5 Å². The molecule has 0 heterocycles. The highest BCUT2D eigenvalue weighted by Crippen LogP contribution is 2.36. The van der Waals surface area contributed by atoms with Gasteiger partial charge in [0.1, 0.15) is 11.7 Å².